The number of hydrogen-bond acceptors (Lipinski definition) is 7. The number of methoxy groups -OCH3 is 1. The fraction of sp³-hybridized carbons (Fsp3) is 0.318. The van der Waals surface area contributed by atoms with Crippen LogP contribution in [-0.2, 0) is 4.74 Å². The van der Waals surface area contributed by atoms with Gasteiger partial charge in [0, 0.05) is 17.9 Å². The van der Waals surface area contributed by atoms with Crippen molar-refractivity contribution in [1.29, 1.82) is 0 Å². The SMILES string of the molecule is COc1cc(OC(F)(F)F)ccc1-c1nc2c(N[C@H]3[C@@H](OC(N)=O)[C@@H]4C=C[C@H]3C4)c(Cl)cnc2[nH]1. The molecule has 184 valence electrons. The van der Waals surface area contributed by atoms with Crippen molar-refractivity contribution in [3.8, 4) is 22.9 Å². The molecule has 9 nitrogen and oxygen atoms in total. The average Bonchev–Trinajstić information content (AvgIpc) is 3.50. The van der Waals surface area contributed by atoms with E-state index in [-0.39, 0.29) is 23.6 Å². The lowest BCUT2D eigenvalue weighted by Crippen LogP contribution is -2.41. The fourth-order valence-corrected chi connectivity index (χ4v) is 4.88. The van der Waals surface area contributed by atoms with Crippen molar-refractivity contribution in [2.45, 2.75) is 24.9 Å². The van der Waals surface area contributed by atoms with Crippen molar-refractivity contribution in [2.24, 2.45) is 17.6 Å². The van der Waals surface area contributed by atoms with E-state index in [1.54, 1.807) is 0 Å². The van der Waals surface area contributed by atoms with Crippen LogP contribution in [0.3, 0.4) is 0 Å². The zero-order chi connectivity index (χ0) is 24.9. The van der Waals surface area contributed by atoms with E-state index in [1.165, 1.54) is 19.4 Å². The first kappa shape index (κ1) is 23.1. The van der Waals surface area contributed by atoms with Crippen LogP contribution < -0.4 is 20.5 Å². The summed E-state index contributed by atoms with van der Waals surface area (Å²) in [5, 5.41) is 3.65. The normalized spacial score (nSPS) is 23.0. The van der Waals surface area contributed by atoms with Crippen LogP contribution in [0.5, 0.6) is 11.5 Å². The van der Waals surface area contributed by atoms with E-state index in [0.29, 0.717) is 33.3 Å². The number of H-pyrrole nitrogens is 1. The zero-order valence-corrected chi connectivity index (χ0v) is 18.9. The van der Waals surface area contributed by atoms with E-state index in [1.807, 2.05) is 6.08 Å². The molecule has 2 aliphatic rings. The number of nitrogens with one attached hydrogen (secondary N) is 2. The Bertz CT molecular complexity index is 1330. The fourth-order valence-electron chi connectivity index (χ4n) is 4.69. The minimum absolute atomic E-state index is 0.0394. The molecule has 2 heterocycles. The summed E-state index contributed by atoms with van der Waals surface area (Å²) in [6.07, 6.45) is 0.141. The molecule has 3 aromatic rings. The lowest BCUT2D eigenvalue weighted by molar-refractivity contribution is -0.274. The number of halogens is 4. The smallest absolute Gasteiger partial charge is 0.496 e. The van der Waals surface area contributed by atoms with Gasteiger partial charge < -0.3 is 30.2 Å². The monoisotopic (exact) mass is 509 g/mol. The van der Waals surface area contributed by atoms with Crippen molar-refractivity contribution in [1.82, 2.24) is 15.0 Å². The molecule has 35 heavy (non-hydrogen) atoms. The van der Waals surface area contributed by atoms with Crippen molar-refractivity contribution < 1.29 is 32.2 Å². The maximum absolute atomic E-state index is 12.6. The largest absolute Gasteiger partial charge is 0.573 e. The van der Waals surface area contributed by atoms with Crippen LogP contribution in [0.2, 0.25) is 5.02 Å². The molecule has 0 spiro atoms. The summed E-state index contributed by atoms with van der Waals surface area (Å²) in [6, 6.07) is 3.38. The molecule has 1 fully saturated rings. The maximum atomic E-state index is 12.6. The van der Waals surface area contributed by atoms with Gasteiger partial charge in [-0.3, -0.25) is 0 Å². The van der Waals surface area contributed by atoms with E-state index < -0.39 is 24.3 Å². The minimum atomic E-state index is -4.84. The number of primary amides is 1. The second kappa shape index (κ2) is 8.52. The Balaban J connectivity index is 1.50. The number of aromatic nitrogens is 3. The van der Waals surface area contributed by atoms with Crippen LogP contribution >= 0.6 is 11.6 Å². The average molecular weight is 510 g/mol. The number of aromatic amines is 1. The molecule has 0 radical (unpaired) electrons. The van der Waals surface area contributed by atoms with E-state index in [9.17, 15) is 18.0 Å². The lowest BCUT2D eigenvalue weighted by Gasteiger charge is -2.29. The van der Waals surface area contributed by atoms with E-state index in [4.69, 9.17) is 26.8 Å². The van der Waals surface area contributed by atoms with Crippen molar-refractivity contribution >= 4 is 34.5 Å². The number of anilines is 1. The molecule has 1 saturated carbocycles. The van der Waals surface area contributed by atoms with Gasteiger partial charge in [0.1, 0.15) is 28.9 Å². The van der Waals surface area contributed by atoms with Gasteiger partial charge in [0.2, 0.25) is 0 Å². The zero-order valence-electron chi connectivity index (χ0n) is 18.1. The summed E-state index contributed by atoms with van der Waals surface area (Å²) in [5.41, 5.74) is 6.91. The standard InChI is InChI=1S/C22H19ClF3N5O4/c1-33-14-7-11(35-22(24,25)26)4-5-12(14)19-30-17-16(13(23)8-28-20(17)31-19)29-15-9-2-3-10(6-9)18(15)34-21(27)32/h2-5,7-10,15,18H,6H2,1H3,(H2,27,32)(H2,28,29,30,31)/t9-,10+,15+,18-/m0/s1. The molecule has 0 unspecified atom stereocenters. The number of benzene rings is 1. The van der Waals surface area contributed by atoms with Gasteiger partial charge in [-0.05, 0) is 18.6 Å². The number of imidazole rings is 1. The van der Waals surface area contributed by atoms with Crippen molar-refractivity contribution in [3.05, 3.63) is 41.6 Å². The highest BCUT2D eigenvalue weighted by Crippen LogP contribution is 2.44. The highest BCUT2D eigenvalue weighted by molar-refractivity contribution is 6.34. The Kier molecular flexibility index (Phi) is 5.62. The molecule has 13 heteroatoms. The first-order chi connectivity index (χ1) is 16.6. The molecule has 5 rings (SSSR count). The molecule has 0 saturated heterocycles. The third-order valence-corrected chi connectivity index (χ3v) is 6.37. The number of carbonyl (C=O) groups is 1. The molecule has 2 aromatic heterocycles. The van der Waals surface area contributed by atoms with Gasteiger partial charge in [0.05, 0.1) is 35.6 Å². The summed E-state index contributed by atoms with van der Waals surface area (Å²) < 4.78 is 52.4. The van der Waals surface area contributed by atoms with Crippen molar-refractivity contribution in [3.63, 3.8) is 0 Å². The van der Waals surface area contributed by atoms with Crippen LogP contribution in [-0.4, -0.2) is 46.7 Å². The third-order valence-electron chi connectivity index (χ3n) is 6.08. The summed E-state index contributed by atoms with van der Waals surface area (Å²) in [4.78, 5) is 23.3. The van der Waals surface area contributed by atoms with Gasteiger partial charge >= 0.3 is 12.5 Å². The Morgan fingerprint density at radius 2 is 2.06 bits per heavy atom. The highest BCUT2D eigenvalue weighted by atomic mass is 35.5. The van der Waals surface area contributed by atoms with E-state index in [2.05, 4.69) is 31.1 Å². The van der Waals surface area contributed by atoms with Gasteiger partial charge in [-0.2, -0.15) is 0 Å². The first-order valence-corrected chi connectivity index (χ1v) is 10.9. The van der Waals surface area contributed by atoms with Gasteiger partial charge in [-0.1, -0.05) is 23.8 Å². The number of nitrogens with zero attached hydrogens (tertiary/aromatic N) is 2. The Morgan fingerprint density at radius 3 is 2.77 bits per heavy atom. The van der Waals surface area contributed by atoms with Crippen LogP contribution in [0.25, 0.3) is 22.6 Å². The molecular formula is C22H19ClF3N5O4. The number of alkyl halides is 3. The number of rotatable bonds is 6. The second-order valence-corrected chi connectivity index (χ2v) is 8.60. The number of fused-ring (bicyclic) bond motifs is 3. The second-order valence-electron chi connectivity index (χ2n) is 8.19. The summed E-state index contributed by atoms with van der Waals surface area (Å²) >= 11 is 6.46. The topological polar surface area (TPSA) is 124 Å². The molecule has 2 aliphatic carbocycles. The quantitative estimate of drug-likeness (QED) is 0.413. The Hall–Kier alpha value is -3.67. The predicted octanol–water partition coefficient (Wildman–Crippen LogP) is 4.64. The van der Waals surface area contributed by atoms with Crippen molar-refractivity contribution in [2.75, 3.05) is 12.4 Å². The summed E-state index contributed by atoms with van der Waals surface area (Å²) in [5.74, 6) is 0.119. The molecule has 1 aromatic carbocycles. The number of pyridine rings is 1. The van der Waals surface area contributed by atoms with Crippen LogP contribution in [0, 0.1) is 11.8 Å². The number of hydrogen-bond donors (Lipinski definition) is 3. The van der Waals surface area contributed by atoms with Gasteiger partial charge in [-0.15, -0.1) is 13.2 Å². The highest BCUT2D eigenvalue weighted by Gasteiger charge is 2.47. The van der Waals surface area contributed by atoms with Crippen LogP contribution in [0.15, 0.2) is 36.5 Å². The first-order valence-electron chi connectivity index (χ1n) is 10.5. The summed E-state index contributed by atoms with van der Waals surface area (Å²) in [7, 11) is 1.32. The maximum Gasteiger partial charge on any atom is 0.573 e. The van der Waals surface area contributed by atoms with Gasteiger partial charge in [-0.25, -0.2) is 14.8 Å². The Morgan fingerprint density at radius 1 is 1.29 bits per heavy atom. The Labute approximate surface area is 201 Å². The number of carbonyl (C=O) groups excluding carboxylic acids is 1. The molecule has 2 bridgehead atoms. The van der Waals surface area contributed by atoms with E-state index >= 15 is 0 Å². The number of ether oxygens (including phenoxy) is 3. The van der Waals surface area contributed by atoms with Crippen LogP contribution in [0.1, 0.15) is 6.42 Å². The lowest BCUT2D eigenvalue weighted by atomic mass is 9.98. The third kappa shape index (κ3) is 4.41. The minimum Gasteiger partial charge on any atom is -0.496 e. The van der Waals surface area contributed by atoms with Gasteiger partial charge in [0.25, 0.3) is 0 Å². The molecule has 1 amide bonds. The van der Waals surface area contributed by atoms with Crippen LogP contribution in [0.4, 0.5) is 23.7 Å². The molecule has 4 atom stereocenters. The van der Waals surface area contributed by atoms with E-state index in [0.717, 1.165) is 18.6 Å². The van der Waals surface area contributed by atoms with Gasteiger partial charge in [0.15, 0.2) is 5.65 Å². The predicted molar refractivity (Wildman–Crippen MR) is 120 cm³/mol. The number of amides is 1. The molecule has 0 aliphatic heterocycles. The summed E-state index contributed by atoms with van der Waals surface area (Å²) in [6.45, 7) is 0. The number of nitrogens with two attached hydrogens (primary N) is 1. The molecule has 4 N–H and O–H groups in total. The molecular weight excluding hydrogens is 491 g/mol.